The number of rotatable bonds is 6. The molecule has 0 aromatic heterocycles. The number of benzene rings is 1. The highest BCUT2D eigenvalue weighted by Gasteiger charge is 2.12. The minimum atomic E-state index is -0.246. The molecule has 0 saturated heterocycles. The minimum absolute atomic E-state index is 0.246. The molecule has 1 atom stereocenters. The summed E-state index contributed by atoms with van der Waals surface area (Å²) >= 11 is 0. The molecule has 0 spiro atoms. The van der Waals surface area contributed by atoms with Crippen molar-refractivity contribution < 1.29 is 13.9 Å². The van der Waals surface area contributed by atoms with Gasteiger partial charge in [0.2, 0.25) is 0 Å². The molecule has 0 fully saturated rings. The Morgan fingerprint density at radius 1 is 1.22 bits per heavy atom. The lowest BCUT2D eigenvalue weighted by molar-refractivity contribution is 0.351. The fraction of sp³-hybridized carbons (Fsp3) is 0.467. The van der Waals surface area contributed by atoms with E-state index in [4.69, 9.17) is 9.47 Å². The van der Waals surface area contributed by atoms with Gasteiger partial charge in [-0.15, -0.1) is 0 Å². The Bertz CT molecular complexity index is 413. The van der Waals surface area contributed by atoms with Crippen molar-refractivity contribution in [2.75, 3.05) is 14.2 Å². The van der Waals surface area contributed by atoms with E-state index in [2.05, 4.69) is 26.0 Å². The first-order chi connectivity index (χ1) is 8.62. The summed E-state index contributed by atoms with van der Waals surface area (Å²) in [4.78, 5) is 0. The predicted octanol–water partition coefficient (Wildman–Crippen LogP) is 3.99. The molecule has 0 aliphatic heterocycles. The van der Waals surface area contributed by atoms with Gasteiger partial charge in [-0.3, -0.25) is 0 Å². The van der Waals surface area contributed by atoms with E-state index in [1.54, 1.807) is 13.2 Å². The van der Waals surface area contributed by atoms with Crippen molar-refractivity contribution in [3.8, 4) is 11.5 Å². The van der Waals surface area contributed by atoms with E-state index in [0.29, 0.717) is 29.4 Å². The molecule has 0 aliphatic rings. The molecule has 1 unspecified atom stereocenters. The number of methoxy groups -OCH3 is 2. The van der Waals surface area contributed by atoms with Crippen molar-refractivity contribution >= 4 is 0 Å². The summed E-state index contributed by atoms with van der Waals surface area (Å²) in [6.07, 6.45) is 5.86. The molecule has 0 N–H and O–H groups in total. The Balaban J connectivity index is 2.92. The van der Waals surface area contributed by atoms with Crippen LogP contribution in [0.15, 0.2) is 24.3 Å². The Labute approximate surface area is 108 Å². The van der Waals surface area contributed by atoms with E-state index in [0.717, 1.165) is 6.42 Å². The maximum Gasteiger partial charge on any atom is 0.163 e. The largest absolute Gasteiger partial charge is 0.493 e. The smallest absolute Gasteiger partial charge is 0.163 e. The van der Waals surface area contributed by atoms with Crippen molar-refractivity contribution in [1.82, 2.24) is 0 Å². The lowest BCUT2D eigenvalue weighted by Crippen LogP contribution is -2.01. The molecular weight excluding hydrogens is 231 g/mol. The highest BCUT2D eigenvalue weighted by molar-refractivity contribution is 5.44. The van der Waals surface area contributed by atoms with Crippen LogP contribution in [-0.2, 0) is 6.42 Å². The second kappa shape index (κ2) is 7.04. The van der Waals surface area contributed by atoms with Gasteiger partial charge in [0.05, 0.1) is 14.2 Å². The van der Waals surface area contributed by atoms with Crippen molar-refractivity contribution in [2.24, 2.45) is 5.92 Å². The fourth-order valence-corrected chi connectivity index (χ4v) is 1.84. The van der Waals surface area contributed by atoms with Crippen LogP contribution in [0.25, 0.3) is 0 Å². The number of ether oxygens (including phenoxy) is 2. The van der Waals surface area contributed by atoms with Gasteiger partial charge in [0.25, 0.3) is 0 Å². The van der Waals surface area contributed by atoms with E-state index < -0.39 is 0 Å². The van der Waals surface area contributed by atoms with Gasteiger partial charge in [-0.2, -0.15) is 0 Å². The van der Waals surface area contributed by atoms with Gasteiger partial charge in [0.1, 0.15) is 5.82 Å². The Kier molecular flexibility index (Phi) is 5.69. The van der Waals surface area contributed by atoms with Gasteiger partial charge < -0.3 is 9.47 Å². The van der Waals surface area contributed by atoms with Gasteiger partial charge in [-0.05, 0) is 30.4 Å². The molecule has 0 aliphatic carbocycles. The van der Waals surface area contributed by atoms with Crippen molar-refractivity contribution in [1.29, 1.82) is 0 Å². The normalized spacial score (nSPS) is 12.7. The lowest BCUT2D eigenvalue weighted by atomic mass is 9.99. The molecular formula is C15H21FO2. The molecule has 0 amide bonds. The Hall–Kier alpha value is -1.51. The molecule has 1 aromatic carbocycles. The van der Waals surface area contributed by atoms with Crippen LogP contribution in [0.2, 0.25) is 0 Å². The van der Waals surface area contributed by atoms with Crippen molar-refractivity contribution in [2.45, 2.75) is 26.7 Å². The van der Waals surface area contributed by atoms with Crippen LogP contribution >= 0.6 is 0 Å². The SMILES string of the molecule is CC/C=C\C(C)Cc1cc(OC)c(OC)cc1F. The van der Waals surface area contributed by atoms with Crippen LogP contribution in [0.5, 0.6) is 11.5 Å². The lowest BCUT2D eigenvalue weighted by Gasteiger charge is -2.12. The predicted molar refractivity (Wildman–Crippen MR) is 71.8 cm³/mol. The Morgan fingerprint density at radius 3 is 2.39 bits per heavy atom. The average Bonchev–Trinajstić information content (AvgIpc) is 2.38. The first-order valence-electron chi connectivity index (χ1n) is 6.19. The highest BCUT2D eigenvalue weighted by Crippen LogP contribution is 2.30. The number of halogens is 1. The third kappa shape index (κ3) is 3.76. The van der Waals surface area contributed by atoms with Crippen LogP contribution in [0.3, 0.4) is 0 Å². The molecule has 0 radical (unpaired) electrons. The first-order valence-corrected chi connectivity index (χ1v) is 6.19. The molecule has 1 aromatic rings. The van der Waals surface area contributed by atoms with E-state index in [1.807, 2.05) is 0 Å². The maximum atomic E-state index is 13.9. The molecule has 3 heteroatoms. The summed E-state index contributed by atoms with van der Waals surface area (Å²) in [6.45, 7) is 4.16. The molecule has 0 bridgehead atoms. The first kappa shape index (κ1) is 14.6. The van der Waals surface area contributed by atoms with Gasteiger partial charge in [0.15, 0.2) is 11.5 Å². The number of hydrogen-bond donors (Lipinski definition) is 0. The van der Waals surface area contributed by atoms with Crippen LogP contribution in [0, 0.1) is 11.7 Å². The van der Waals surface area contributed by atoms with E-state index in [1.165, 1.54) is 13.2 Å². The van der Waals surface area contributed by atoms with Crippen LogP contribution < -0.4 is 9.47 Å². The molecule has 0 heterocycles. The van der Waals surface area contributed by atoms with Crippen LogP contribution in [0.4, 0.5) is 4.39 Å². The summed E-state index contributed by atoms with van der Waals surface area (Å²) < 4.78 is 24.1. The van der Waals surface area contributed by atoms with Crippen molar-refractivity contribution in [3.63, 3.8) is 0 Å². The van der Waals surface area contributed by atoms with Crippen LogP contribution in [0.1, 0.15) is 25.8 Å². The average molecular weight is 252 g/mol. The summed E-state index contributed by atoms with van der Waals surface area (Å²) in [5.41, 5.74) is 0.654. The molecule has 100 valence electrons. The summed E-state index contributed by atoms with van der Waals surface area (Å²) in [5, 5.41) is 0. The molecule has 1 rings (SSSR count). The zero-order valence-corrected chi connectivity index (χ0v) is 11.5. The third-order valence-electron chi connectivity index (χ3n) is 2.79. The second-order valence-corrected chi connectivity index (χ2v) is 4.32. The standard InChI is InChI=1S/C15H21FO2/c1-5-6-7-11(2)8-12-9-14(17-3)15(18-4)10-13(12)16/h6-7,9-11H,5,8H2,1-4H3/b7-6-. The van der Waals surface area contributed by atoms with Crippen LogP contribution in [-0.4, -0.2) is 14.2 Å². The monoisotopic (exact) mass is 252 g/mol. The maximum absolute atomic E-state index is 13.9. The van der Waals surface area contributed by atoms with Gasteiger partial charge in [0, 0.05) is 6.07 Å². The van der Waals surface area contributed by atoms with E-state index in [9.17, 15) is 4.39 Å². The second-order valence-electron chi connectivity index (χ2n) is 4.32. The third-order valence-corrected chi connectivity index (χ3v) is 2.79. The summed E-state index contributed by atoms with van der Waals surface area (Å²) in [7, 11) is 3.06. The topological polar surface area (TPSA) is 18.5 Å². The summed E-state index contributed by atoms with van der Waals surface area (Å²) in [6, 6.07) is 3.09. The fourth-order valence-electron chi connectivity index (χ4n) is 1.84. The van der Waals surface area contributed by atoms with Gasteiger partial charge in [-0.1, -0.05) is 26.0 Å². The molecule has 18 heavy (non-hydrogen) atoms. The van der Waals surface area contributed by atoms with E-state index >= 15 is 0 Å². The minimum Gasteiger partial charge on any atom is -0.493 e. The molecule has 0 saturated carbocycles. The molecule has 2 nitrogen and oxygen atoms in total. The number of allylic oxidation sites excluding steroid dienone is 2. The van der Waals surface area contributed by atoms with Gasteiger partial charge >= 0.3 is 0 Å². The van der Waals surface area contributed by atoms with Gasteiger partial charge in [-0.25, -0.2) is 4.39 Å². The summed E-state index contributed by atoms with van der Waals surface area (Å²) in [5.74, 6) is 1.05. The zero-order valence-electron chi connectivity index (χ0n) is 11.5. The zero-order chi connectivity index (χ0) is 13.5. The number of hydrogen-bond acceptors (Lipinski definition) is 2. The van der Waals surface area contributed by atoms with E-state index in [-0.39, 0.29) is 5.82 Å². The highest BCUT2D eigenvalue weighted by atomic mass is 19.1. The quantitative estimate of drug-likeness (QED) is 0.713. The van der Waals surface area contributed by atoms with Crippen molar-refractivity contribution in [3.05, 3.63) is 35.7 Å². The Morgan fingerprint density at radius 2 is 1.83 bits per heavy atom.